The van der Waals surface area contributed by atoms with Gasteiger partial charge in [-0.3, -0.25) is 4.79 Å². The molecule has 0 aliphatic rings. The Hall–Kier alpha value is -0.940. The molecule has 0 fully saturated rings. The monoisotopic (exact) mass is 227 g/mol. The lowest BCUT2D eigenvalue weighted by atomic mass is 10.2. The summed E-state index contributed by atoms with van der Waals surface area (Å²) in [5, 5.41) is 8.81. The highest BCUT2D eigenvalue weighted by atomic mass is 32.1. The molecule has 1 amide bonds. The van der Waals surface area contributed by atoms with E-state index in [-0.39, 0.29) is 11.9 Å². The molecule has 4 nitrogen and oxygen atoms in total. The Labute approximate surface area is 94.1 Å². The molecule has 0 bridgehead atoms. The highest BCUT2D eigenvalue weighted by Crippen LogP contribution is 2.14. The van der Waals surface area contributed by atoms with Gasteiger partial charge in [-0.15, -0.1) is 11.3 Å². The minimum atomic E-state index is 0.0204. The molecule has 0 spiro atoms. The van der Waals surface area contributed by atoms with E-state index < -0.39 is 0 Å². The van der Waals surface area contributed by atoms with Gasteiger partial charge in [0.15, 0.2) is 0 Å². The Morgan fingerprint density at radius 2 is 2.47 bits per heavy atom. The van der Waals surface area contributed by atoms with Crippen LogP contribution in [0.25, 0.3) is 0 Å². The van der Waals surface area contributed by atoms with E-state index in [1.165, 1.54) is 0 Å². The van der Waals surface area contributed by atoms with Gasteiger partial charge in [0.05, 0.1) is 6.04 Å². The van der Waals surface area contributed by atoms with Crippen molar-refractivity contribution in [3.63, 3.8) is 0 Å². The van der Waals surface area contributed by atoms with Gasteiger partial charge in [-0.05, 0) is 26.9 Å². The van der Waals surface area contributed by atoms with Gasteiger partial charge in [0.1, 0.15) is 5.01 Å². The van der Waals surface area contributed by atoms with E-state index in [1.807, 2.05) is 19.4 Å². The lowest BCUT2D eigenvalue weighted by Gasteiger charge is -2.10. The van der Waals surface area contributed by atoms with Crippen LogP contribution in [0.3, 0.4) is 0 Å². The van der Waals surface area contributed by atoms with E-state index >= 15 is 0 Å². The van der Waals surface area contributed by atoms with E-state index in [4.69, 9.17) is 0 Å². The van der Waals surface area contributed by atoms with Crippen LogP contribution < -0.4 is 10.6 Å². The number of carbonyl (C=O) groups is 1. The zero-order chi connectivity index (χ0) is 11.1. The maximum absolute atomic E-state index is 11.5. The minimum Gasteiger partial charge on any atom is -0.347 e. The maximum atomic E-state index is 11.5. The van der Waals surface area contributed by atoms with E-state index in [1.54, 1.807) is 17.5 Å². The summed E-state index contributed by atoms with van der Waals surface area (Å²) < 4.78 is 0. The number of rotatable bonds is 6. The van der Waals surface area contributed by atoms with E-state index in [2.05, 4.69) is 15.6 Å². The second kappa shape index (κ2) is 6.53. The van der Waals surface area contributed by atoms with E-state index in [0.717, 1.165) is 18.0 Å². The Balaban J connectivity index is 2.26. The number of hydrogen-bond acceptors (Lipinski definition) is 4. The van der Waals surface area contributed by atoms with Crippen LogP contribution in [0, 0.1) is 0 Å². The molecule has 1 rings (SSSR count). The molecule has 0 aliphatic heterocycles. The number of amides is 1. The van der Waals surface area contributed by atoms with Crippen LogP contribution in [0.1, 0.15) is 30.8 Å². The average Bonchev–Trinajstić information content (AvgIpc) is 2.70. The number of aromatic nitrogens is 1. The summed E-state index contributed by atoms with van der Waals surface area (Å²) in [6.07, 6.45) is 3.19. The molecule has 0 radical (unpaired) electrons. The molecule has 2 N–H and O–H groups in total. The third-order valence-corrected chi connectivity index (χ3v) is 2.99. The summed E-state index contributed by atoms with van der Waals surface area (Å²) in [7, 11) is 1.89. The van der Waals surface area contributed by atoms with Gasteiger partial charge >= 0.3 is 0 Å². The van der Waals surface area contributed by atoms with Crippen molar-refractivity contribution in [1.29, 1.82) is 0 Å². The molecule has 1 aromatic rings. The quantitative estimate of drug-likeness (QED) is 0.721. The highest BCUT2D eigenvalue weighted by Gasteiger charge is 2.10. The Bertz CT molecular complexity index is 287. The van der Waals surface area contributed by atoms with Gasteiger partial charge in [0, 0.05) is 18.0 Å². The summed E-state index contributed by atoms with van der Waals surface area (Å²) in [6.45, 7) is 2.83. The predicted molar refractivity (Wildman–Crippen MR) is 61.8 cm³/mol. The van der Waals surface area contributed by atoms with Crippen molar-refractivity contribution < 1.29 is 4.79 Å². The first-order valence-electron chi connectivity index (χ1n) is 5.07. The summed E-state index contributed by atoms with van der Waals surface area (Å²) in [4.78, 5) is 15.6. The van der Waals surface area contributed by atoms with Crippen LogP contribution in [-0.4, -0.2) is 24.5 Å². The van der Waals surface area contributed by atoms with Crippen molar-refractivity contribution in [1.82, 2.24) is 15.6 Å². The first-order valence-corrected chi connectivity index (χ1v) is 5.95. The second-order valence-electron chi connectivity index (χ2n) is 3.37. The molecular formula is C10H17N3OS. The third kappa shape index (κ3) is 4.40. The summed E-state index contributed by atoms with van der Waals surface area (Å²) in [5.41, 5.74) is 0. The summed E-state index contributed by atoms with van der Waals surface area (Å²) >= 11 is 1.56. The number of carbonyl (C=O) groups excluding carboxylic acids is 1. The zero-order valence-electron chi connectivity index (χ0n) is 9.12. The van der Waals surface area contributed by atoms with Crippen molar-refractivity contribution >= 4 is 17.2 Å². The van der Waals surface area contributed by atoms with Crippen molar-refractivity contribution in [3.05, 3.63) is 16.6 Å². The average molecular weight is 227 g/mol. The zero-order valence-corrected chi connectivity index (χ0v) is 9.93. The van der Waals surface area contributed by atoms with Gasteiger partial charge in [0.2, 0.25) is 5.91 Å². The van der Waals surface area contributed by atoms with Crippen molar-refractivity contribution in [2.45, 2.75) is 25.8 Å². The molecule has 5 heteroatoms. The second-order valence-corrected chi connectivity index (χ2v) is 4.29. The standard InChI is InChI=1S/C10H17N3OS/c1-8(10-12-6-7-15-10)13-9(14)4-3-5-11-2/h6-8,11H,3-5H2,1-2H3,(H,13,14). The van der Waals surface area contributed by atoms with Crippen LogP contribution in [-0.2, 0) is 4.79 Å². The normalized spacial score (nSPS) is 12.4. The SMILES string of the molecule is CNCCCC(=O)NC(C)c1nccs1. The molecule has 1 atom stereocenters. The summed E-state index contributed by atoms with van der Waals surface area (Å²) in [5.74, 6) is 0.0907. The predicted octanol–water partition coefficient (Wildman–Crippen LogP) is 1.32. The number of hydrogen-bond donors (Lipinski definition) is 2. The fourth-order valence-electron chi connectivity index (χ4n) is 1.25. The molecule has 1 aromatic heterocycles. The number of thiazole rings is 1. The maximum Gasteiger partial charge on any atom is 0.220 e. The fourth-order valence-corrected chi connectivity index (χ4v) is 1.90. The van der Waals surface area contributed by atoms with Crippen LogP contribution in [0.2, 0.25) is 0 Å². The van der Waals surface area contributed by atoms with E-state index in [0.29, 0.717) is 6.42 Å². The van der Waals surface area contributed by atoms with Gasteiger partial charge in [-0.2, -0.15) is 0 Å². The molecule has 84 valence electrons. The van der Waals surface area contributed by atoms with Gasteiger partial charge < -0.3 is 10.6 Å². The van der Waals surface area contributed by atoms with Crippen molar-refractivity contribution in [3.8, 4) is 0 Å². The highest BCUT2D eigenvalue weighted by molar-refractivity contribution is 7.09. The Kier molecular flexibility index (Phi) is 5.28. The van der Waals surface area contributed by atoms with Crippen molar-refractivity contribution in [2.75, 3.05) is 13.6 Å². The smallest absolute Gasteiger partial charge is 0.220 e. The van der Waals surface area contributed by atoms with Gasteiger partial charge in [-0.25, -0.2) is 4.98 Å². The fraction of sp³-hybridized carbons (Fsp3) is 0.600. The lowest BCUT2D eigenvalue weighted by molar-refractivity contribution is -0.121. The first-order chi connectivity index (χ1) is 7.24. The van der Waals surface area contributed by atoms with Crippen molar-refractivity contribution in [2.24, 2.45) is 0 Å². The van der Waals surface area contributed by atoms with Crippen LogP contribution in [0.15, 0.2) is 11.6 Å². The number of nitrogens with one attached hydrogen (secondary N) is 2. The summed E-state index contributed by atoms with van der Waals surface area (Å²) in [6, 6.07) is 0.0204. The molecule has 1 unspecified atom stereocenters. The van der Waals surface area contributed by atoms with Crippen LogP contribution in [0.5, 0.6) is 0 Å². The Morgan fingerprint density at radius 3 is 3.07 bits per heavy atom. The molecule has 0 saturated heterocycles. The molecular weight excluding hydrogens is 210 g/mol. The number of nitrogens with zero attached hydrogens (tertiary/aromatic N) is 1. The van der Waals surface area contributed by atoms with Gasteiger partial charge in [0.25, 0.3) is 0 Å². The molecule has 15 heavy (non-hydrogen) atoms. The lowest BCUT2D eigenvalue weighted by Crippen LogP contribution is -2.27. The Morgan fingerprint density at radius 1 is 1.67 bits per heavy atom. The molecule has 0 aromatic carbocycles. The topological polar surface area (TPSA) is 54.0 Å². The molecule has 1 heterocycles. The van der Waals surface area contributed by atoms with Crippen LogP contribution in [0.4, 0.5) is 0 Å². The van der Waals surface area contributed by atoms with E-state index in [9.17, 15) is 4.79 Å². The third-order valence-electron chi connectivity index (χ3n) is 2.03. The van der Waals surface area contributed by atoms with Gasteiger partial charge in [-0.1, -0.05) is 0 Å². The molecule has 0 aliphatic carbocycles. The first kappa shape index (κ1) is 12.1. The largest absolute Gasteiger partial charge is 0.347 e. The van der Waals surface area contributed by atoms with Crippen LogP contribution >= 0.6 is 11.3 Å². The minimum absolute atomic E-state index is 0.0204. The molecule has 0 saturated carbocycles.